The summed E-state index contributed by atoms with van der Waals surface area (Å²) in [5, 5.41) is 3.43. The minimum atomic E-state index is 0.728. The zero-order chi connectivity index (χ0) is 12.1. The normalized spacial score (nSPS) is 20.6. The number of anilines is 1. The van der Waals surface area contributed by atoms with E-state index in [4.69, 9.17) is 0 Å². The standard InChI is InChI=1S/C12H19IN4/c1-2-14-6-10-4-3-5-17(9-10)12-15-7-11(13)8-16-12/h7-8,10,14H,2-6,9H2,1H3. The molecule has 0 amide bonds. The molecule has 0 aromatic carbocycles. The number of rotatable bonds is 4. The van der Waals surface area contributed by atoms with Crippen molar-refractivity contribution in [2.45, 2.75) is 19.8 Å². The van der Waals surface area contributed by atoms with E-state index in [2.05, 4.69) is 49.7 Å². The Kier molecular flexibility index (Phi) is 4.97. The van der Waals surface area contributed by atoms with Crippen LogP contribution in [0.3, 0.4) is 0 Å². The number of hydrogen-bond acceptors (Lipinski definition) is 4. The Morgan fingerprint density at radius 2 is 2.24 bits per heavy atom. The Morgan fingerprint density at radius 1 is 1.47 bits per heavy atom. The third kappa shape index (κ3) is 3.77. The average Bonchev–Trinajstić information content (AvgIpc) is 2.37. The molecule has 17 heavy (non-hydrogen) atoms. The van der Waals surface area contributed by atoms with Crippen LogP contribution < -0.4 is 10.2 Å². The minimum absolute atomic E-state index is 0.728. The number of nitrogens with zero attached hydrogens (tertiary/aromatic N) is 3. The number of nitrogens with one attached hydrogen (secondary N) is 1. The lowest BCUT2D eigenvalue weighted by Crippen LogP contribution is -2.40. The Hall–Kier alpha value is -0.430. The number of piperidine rings is 1. The summed E-state index contributed by atoms with van der Waals surface area (Å²) in [5.41, 5.74) is 0. The van der Waals surface area contributed by atoms with Crippen molar-refractivity contribution in [3.63, 3.8) is 0 Å². The summed E-state index contributed by atoms with van der Waals surface area (Å²) in [7, 11) is 0. The zero-order valence-corrected chi connectivity index (χ0v) is 12.4. The van der Waals surface area contributed by atoms with Gasteiger partial charge in [-0.05, 0) is 54.4 Å². The average molecular weight is 346 g/mol. The third-order valence-corrected chi connectivity index (χ3v) is 3.65. The van der Waals surface area contributed by atoms with Crippen LogP contribution in [-0.4, -0.2) is 36.1 Å². The molecule has 4 nitrogen and oxygen atoms in total. The van der Waals surface area contributed by atoms with Crippen LogP contribution in [0.2, 0.25) is 0 Å². The van der Waals surface area contributed by atoms with Crippen molar-refractivity contribution in [3.05, 3.63) is 16.0 Å². The van der Waals surface area contributed by atoms with Crippen LogP contribution in [0.5, 0.6) is 0 Å². The van der Waals surface area contributed by atoms with E-state index >= 15 is 0 Å². The maximum atomic E-state index is 4.40. The van der Waals surface area contributed by atoms with Crippen molar-refractivity contribution in [3.8, 4) is 0 Å². The van der Waals surface area contributed by atoms with Crippen molar-refractivity contribution in [2.75, 3.05) is 31.1 Å². The minimum Gasteiger partial charge on any atom is -0.341 e. The Morgan fingerprint density at radius 3 is 2.94 bits per heavy atom. The van der Waals surface area contributed by atoms with Gasteiger partial charge in [-0.15, -0.1) is 0 Å². The molecular weight excluding hydrogens is 327 g/mol. The van der Waals surface area contributed by atoms with E-state index in [1.54, 1.807) is 0 Å². The number of aromatic nitrogens is 2. The second kappa shape index (κ2) is 6.49. The summed E-state index contributed by atoms with van der Waals surface area (Å²) >= 11 is 2.24. The molecule has 0 bridgehead atoms. The van der Waals surface area contributed by atoms with Crippen LogP contribution in [0, 0.1) is 9.49 Å². The van der Waals surface area contributed by atoms with Gasteiger partial charge in [-0.1, -0.05) is 6.92 Å². The summed E-state index contributed by atoms with van der Waals surface area (Å²) < 4.78 is 1.09. The molecule has 0 aliphatic carbocycles. The lowest BCUT2D eigenvalue weighted by atomic mass is 9.98. The lowest BCUT2D eigenvalue weighted by molar-refractivity contribution is 0.392. The van der Waals surface area contributed by atoms with Crippen molar-refractivity contribution in [1.29, 1.82) is 0 Å². The van der Waals surface area contributed by atoms with Crippen molar-refractivity contribution in [2.24, 2.45) is 5.92 Å². The van der Waals surface area contributed by atoms with Crippen LogP contribution in [0.15, 0.2) is 12.4 Å². The van der Waals surface area contributed by atoms with Crippen LogP contribution in [0.1, 0.15) is 19.8 Å². The maximum absolute atomic E-state index is 4.40. The first kappa shape index (κ1) is 13.0. The zero-order valence-electron chi connectivity index (χ0n) is 10.2. The largest absolute Gasteiger partial charge is 0.341 e. The highest BCUT2D eigenvalue weighted by Gasteiger charge is 2.21. The smallest absolute Gasteiger partial charge is 0.225 e. The molecule has 5 heteroatoms. The van der Waals surface area contributed by atoms with Gasteiger partial charge in [0.2, 0.25) is 5.95 Å². The second-order valence-corrected chi connectivity index (χ2v) is 5.71. The molecule has 1 aliphatic heterocycles. The monoisotopic (exact) mass is 346 g/mol. The second-order valence-electron chi connectivity index (χ2n) is 4.46. The fourth-order valence-electron chi connectivity index (χ4n) is 2.23. The van der Waals surface area contributed by atoms with Gasteiger partial charge in [0.15, 0.2) is 0 Å². The molecule has 1 aromatic heterocycles. The highest BCUT2D eigenvalue weighted by molar-refractivity contribution is 14.1. The van der Waals surface area contributed by atoms with E-state index in [-0.39, 0.29) is 0 Å². The molecule has 0 radical (unpaired) electrons. The van der Waals surface area contributed by atoms with Crippen LogP contribution in [0.25, 0.3) is 0 Å². The fraction of sp³-hybridized carbons (Fsp3) is 0.667. The van der Waals surface area contributed by atoms with E-state index in [0.29, 0.717) is 0 Å². The first-order valence-corrected chi connectivity index (χ1v) is 7.30. The first-order chi connectivity index (χ1) is 8.29. The van der Waals surface area contributed by atoms with E-state index in [1.807, 2.05) is 12.4 Å². The maximum Gasteiger partial charge on any atom is 0.225 e. The van der Waals surface area contributed by atoms with Gasteiger partial charge in [-0.2, -0.15) is 0 Å². The fourth-order valence-corrected chi connectivity index (χ4v) is 2.51. The summed E-state index contributed by atoms with van der Waals surface area (Å²) in [6.07, 6.45) is 6.33. The Balaban J connectivity index is 1.94. The molecule has 1 atom stereocenters. The van der Waals surface area contributed by atoms with Crippen molar-refractivity contribution < 1.29 is 0 Å². The van der Waals surface area contributed by atoms with Gasteiger partial charge >= 0.3 is 0 Å². The van der Waals surface area contributed by atoms with E-state index < -0.39 is 0 Å². The van der Waals surface area contributed by atoms with E-state index in [0.717, 1.165) is 41.6 Å². The predicted molar refractivity (Wildman–Crippen MR) is 78.2 cm³/mol. The molecule has 1 fully saturated rings. The number of hydrogen-bond donors (Lipinski definition) is 1. The summed E-state index contributed by atoms with van der Waals surface area (Å²) in [6, 6.07) is 0. The van der Waals surface area contributed by atoms with Gasteiger partial charge in [0.1, 0.15) is 0 Å². The number of halogens is 1. The quantitative estimate of drug-likeness (QED) is 0.846. The molecular formula is C12H19IN4. The molecule has 94 valence electrons. The molecule has 1 aromatic rings. The Labute approximate surface area is 116 Å². The van der Waals surface area contributed by atoms with Gasteiger partial charge in [0.05, 0.1) is 0 Å². The van der Waals surface area contributed by atoms with Crippen molar-refractivity contribution >= 4 is 28.5 Å². The first-order valence-electron chi connectivity index (χ1n) is 6.22. The molecule has 1 aliphatic rings. The van der Waals surface area contributed by atoms with E-state index in [9.17, 15) is 0 Å². The van der Waals surface area contributed by atoms with E-state index in [1.165, 1.54) is 12.8 Å². The van der Waals surface area contributed by atoms with Gasteiger partial charge in [0, 0.05) is 29.1 Å². The van der Waals surface area contributed by atoms with Gasteiger partial charge in [-0.25, -0.2) is 9.97 Å². The van der Waals surface area contributed by atoms with Crippen LogP contribution in [-0.2, 0) is 0 Å². The van der Waals surface area contributed by atoms with Gasteiger partial charge in [-0.3, -0.25) is 0 Å². The lowest BCUT2D eigenvalue weighted by Gasteiger charge is -2.32. The molecule has 1 N–H and O–H groups in total. The molecule has 2 heterocycles. The molecule has 0 saturated carbocycles. The highest BCUT2D eigenvalue weighted by atomic mass is 127. The van der Waals surface area contributed by atoms with Gasteiger partial charge < -0.3 is 10.2 Å². The SMILES string of the molecule is CCNCC1CCCN(c2ncc(I)cn2)C1. The highest BCUT2D eigenvalue weighted by Crippen LogP contribution is 2.19. The topological polar surface area (TPSA) is 41.0 Å². The molecule has 1 unspecified atom stereocenters. The molecule has 2 rings (SSSR count). The van der Waals surface area contributed by atoms with Crippen LogP contribution >= 0.6 is 22.6 Å². The predicted octanol–water partition coefficient (Wildman–Crippen LogP) is 1.91. The van der Waals surface area contributed by atoms with Crippen LogP contribution in [0.4, 0.5) is 5.95 Å². The molecule has 0 spiro atoms. The Bertz CT molecular complexity index is 341. The summed E-state index contributed by atoms with van der Waals surface area (Å²) in [5.74, 6) is 1.61. The molecule has 1 saturated heterocycles. The third-order valence-electron chi connectivity index (χ3n) is 3.09. The van der Waals surface area contributed by atoms with Crippen molar-refractivity contribution in [1.82, 2.24) is 15.3 Å². The summed E-state index contributed by atoms with van der Waals surface area (Å²) in [6.45, 7) is 6.48. The summed E-state index contributed by atoms with van der Waals surface area (Å²) in [4.78, 5) is 11.1. The van der Waals surface area contributed by atoms with Gasteiger partial charge in [0.25, 0.3) is 0 Å².